The fraction of sp³-hybridized carbons (Fsp3) is 0.280. The van der Waals surface area contributed by atoms with Gasteiger partial charge in [-0.3, -0.25) is 19.4 Å². The molecule has 0 saturated carbocycles. The van der Waals surface area contributed by atoms with E-state index >= 15 is 0 Å². The monoisotopic (exact) mass is 512 g/mol. The average Bonchev–Trinajstić information content (AvgIpc) is 2.89. The number of nitrogens with one attached hydrogen (secondary N) is 2. The summed E-state index contributed by atoms with van der Waals surface area (Å²) in [7, 11) is 0. The quantitative estimate of drug-likeness (QED) is 0.415. The van der Waals surface area contributed by atoms with Gasteiger partial charge in [-0.05, 0) is 43.7 Å². The van der Waals surface area contributed by atoms with Crippen LogP contribution < -0.4 is 20.8 Å². The SMILES string of the molecule is CCNC1(C(N)=O)CCN(c2cnc(-c3ccc(Cl)cc3)c(-c3ccc(C(=O)NCl)cc3)n2)CC1. The summed E-state index contributed by atoms with van der Waals surface area (Å²) in [6.07, 6.45) is 2.90. The molecule has 2 amide bonds. The second-order valence-corrected chi connectivity index (χ2v) is 9.02. The Morgan fingerprint density at radius 3 is 2.20 bits per heavy atom. The maximum absolute atomic E-state index is 12.1. The van der Waals surface area contributed by atoms with Gasteiger partial charge in [0.15, 0.2) is 0 Å². The molecule has 8 nitrogen and oxygen atoms in total. The summed E-state index contributed by atoms with van der Waals surface area (Å²) < 4.78 is 0. The second-order valence-electron chi connectivity index (χ2n) is 8.40. The Morgan fingerprint density at radius 1 is 1.03 bits per heavy atom. The number of primary amides is 1. The fourth-order valence-corrected chi connectivity index (χ4v) is 4.59. The number of benzene rings is 2. The first-order valence-electron chi connectivity index (χ1n) is 11.3. The van der Waals surface area contributed by atoms with Crippen LogP contribution in [0.3, 0.4) is 0 Å². The molecule has 1 fully saturated rings. The largest absolute Gasteiger partial charge is 0.368 e. The van der Waals surface area contributed by atoms with Crippen molar-refractivity contribution in [3.05, 3.63) is 65.3 Å². The zero-order valence-corrected chi connectivity index (χ0v) is 20.7. The lowest BCUT2D eigenvalue weighted by Crippen LogP contribution is -2.61. The van der Waals surface area contributed by atoms with Gasteiger partial charge in [0.2, 0.25) is 5.91 Å². The minimum atomic E-state index is -0.705. The summed E-state index contributed by atoms with van der Waals surface area (Å²) in [6.45, 7) is 3.85. The number of halogens is 2. The van der Waals surface area contributed by atoms with Crippen LogP contribution in [0.4, 0.5) is 5.82 Å². The van der Waals surface area contributed by atoms with Crippen molar-refractivity contribution in [3.8, 4) is 22.5 Å². The van der Waals surface area contributed by atoms with Gasteiger partial charge in [-0.15, -0.1) is 0 Å². The third-order valence-corrected chi connectivity index (χ3v) is 6.74. The summed E-state index contributed by atoms with van der Waals surface area (Å²) in [5.74, 6) is -0.0114. The number of aromatic nitrogens is 2. The average molecular weight is 513 g/mol. The van der Waals surface area contributed by atoms with E-state index in [0.717, 1.165) is 11.1 Å². The van der Waals surface area contributed by atoms with Crippen LogP contribution in [0.1, 0.15) is 30.1 Å². The van der Waals surface area contributed by atoms with Crippen LogP contribution in [0.25, 0.3) is 22.5 Å². The number of rotatable bonds is 7. The standard InChI is InChI=1S/C25H26Cl2N6O2/c1-2-30-25(24(28)35)11-13-33(14-12-25)20-15-29-21(16-7-9-19(26)10-8-16)22(31-20)17-3-5-18(6-4-17)23(34)32-27/h3-10,15,30H,2,11-14H2,1H3,(H2,28,35)(H,32,34). The van der Waals surface area contributed by atoms with E-state index in [1.54, 1.807) is 30.5 Å². The Kier molecular flexibility index (Phi) is 7.54. The molecule has 4 rings (SSSR count). The summed E-state index contributed by atoms with van der Waals surface area (Å²) in [5.41, 5.74) is 8.47. The van der Waals surface area contributed by atoms with Gasteiger partial charge in [0.05, 0.1) is 17.6 Å². The molecule has 0 spiro atoms. The van der Waals surface area contributed by atoms with Gasteiger partial charge in [0.1, 0.15) is 11.4 Å². The van der Waals surface area contributed by atoms with Crippen LogP contribution >= 0.6 is 23.4 Å². The number of nitrogens with two attached hydrogens (primary N) is 1. The highest BCUT2D eigenvalue weighted by Gasteiger charge is 2.39. The third kappa shape index (κ3) is 5.24. The molecule has 1 aromatic heterocycles. The van der Waals surface area contributed by atoms with E-state index in [9.17, 15) is 9.59 Å². The highest BCUT2D eigenvalue weighted by Crippen LogP contribution is 2.33. The molecular formula is C25H26Cl2N6O2. The highest BCUT2D eigenvalue weighted by atomic mass is 35.5. The minimum Gasteiger partial charge on any atom is -0.368 e. The Bertz CT molecular complexity index is 1210. The lowest BCUT2D eigenvalue weighted by Gasteiger charge is -2.40. The molecule has 0 aliphatic carbocycles. The first-order chi connectivity index (χ1) is 16.9. The van der Waals surface area contributed by atoms with Crippen molar-refractivity contribution in [1.82, 2.24) is 20.1 Å². The van der Waals surface area contributed by atoms with Crippen molar-refractivity contribution in [1.29, 1.82) is 0 Å². The minimum absolute atomic E-state index is 0.329. The smallest absolute Gasteiger partial charge is 0.265 e. The molecular weight excluding hydrogens is 487 g/mol. The predicted molar refractivity (Wildman–Crippen MR) is 138 cm³/mol. The van der Waals surface area contributed by atoms with E-state index < -0.39 is 5.54 Å². The van der Waals surface area contributed by atoms with Gasteiger partial charge in [-0.2, -0.15) is 0 Å². The van der Waals surface area contributed by atoms with Crippen molar-refractivity contribution >= 4 is 41.0 Å². The fourth-order valence-electron chi connectivity index (χ4n) is 4.35. The summed E-state index contributed by atoms with van der Waals surface area (Å²) in [4.78, 5) is 37.9. The molecule has 0 atom stereocenters. The third-order valence-electron chi connectivity index (χ3n) is 6.31. The number of amides is 2. The van der Waals surface area contributed by atoms with Crippen molar-refractivity contribution in [2.75, 3.05) is 24.5 Å². The van der Waals surface area contributed by atoms with Crippen LogP contribution in [0, 0.1) is 0 Å². The Morgan fingerprint density at radius 2 is 1.63 bits per heavy atom. The second kappa shape index (κ2) is 10.6. The summed E-state index contributed by atoms with van der Waals surface area (Å²) >= 11 is 11.5. The van der Waals surface area contributed by atoms with Gasteiger partial charge < -0.3 is 16.0 Å². The predicted octanol–water partition coefficient (Wildman–Crippen LogP) is 3.78. The molecule has 0 bridgehead atoms. The Balaban J connectivity index is 1.70. The van der Waals surface area contributed by atoms with E-state index in [0.29, 0.717) is 60.3 Å². The topological polar surface area (TPSA) is 113 Å². The molecule has 35 heavy (non-hydrogen) atoms. The summed E-state index contributed by atoms with van der Waals surface area (Å²) in [6, 6.07) is 14.4. The number of hydrogen-bond donors (Lipinski definition) is 3. The van der Waals surface area contributed by atoms with Gasteiger partial charge in [0, 0.05) is 46.6 Å². The molecule has 1 saturated heterocycles. The molecule has 0 unspecified atom stereocenters. The van der Waals surface area contributed by atoms with E-state index in [1.165, 1.54) is 0 Å². The molecule has 1 aliphatic heterocycles. The number of likely N-dealkylation sites (N-methyl/N-ethyl adjacent to an activating group) is 1. The number of hydrogen-bond acceptors (Lipinski definition) is 6. The first kappa shape index (κ1) is 24.9. The molecule has 1 aliphatic rings. The van der Waals surface area contributed by atoms with Crippen molar-refractivity contribution in [2.24, 2.45) is 5.73 Å². The molecule has 10 heteroatoms. The number of piperidine rings is 1. The lowest BCUT2D eigenvalue weighted by atomic mass is 9.86. The van der Waals surface area contributed by atoms with Crippen LogP contribution in [0.2, 0.25) is 5.02 Å². The van der Waals surface area contributed by atoms with Gasteiger partial charge in [0.25, 0.3) is 5.91 Å². The molecule has 4 N–H and O–H groups in total. The molecule has 3 aromatic rings. The Hall–Kier alpha value is -3.20. The number of anilines is 1. The normalized spacial score (nSPS) is 15.0. The van der Waals surface area contributed by atoms with E-state index in [1.807, 2.05) is 31.2 Å². The van der Waals surface area contributed by atoms with Gasteiger partial charge in [-0.1, -0.05) is 42.8 Å². The van der Waals surface area contributed by atoms with Crippen molar-refractivity contribution in [2.45, 2.75) is 25.3 Å². The summed E-state index contributed by atoms with van der Waals surface area (Å²) in [5, 5.41) is 3.90. The number of carbonyl (C=O) groups excluding carboxylic acids is 2. The maximum atomic E-state index is 12.1. The first-order valence-corrected chi connectivity index (χ1v) is 12.1. The van der Waals surface area contributed by atoms with Crippen LogP contribution in [0.5, 0.6) is 0 Å². The van der Waals surface area contributed by atoms with E-state index in [4.69, 9.17) is 39.1 Å². The molecule has 2 heterocycles. The van der Waals surface area contributed by atoms with Crippen LogP contribution in [-0.4, -0.2) is 47.0 Å². The van der Waals surface area contributed by atoms with Gasteiger partial charge in [-0.25, -0.2) is 4.98 Å². The number of carbonyl (C=O) groups is 2. The van der Waals surface area contributed by atoms with Gasteiger partial charge >= 0.3 is 0 Å². The molecule has 182 valence electrons. The van der Waals surface area contributed by atoms with E-state index in [2.05, 4.69) is 15.1 Å². The van der Waals surface area contributed by atoms with Crippen LogP contribution in [0.15, 0.2) is 54.7 Å². The number of nitrogens with zero attached hydrogens (tertiary/aromatic N) is 3. The zero-order chi connectivity index (χ0) is 25.0. The van der Waals surface area contributed by atoms with Crippen LogP contribution in [-0.2, 0) is 4.79 Å². The molecule has 2 aromatic carbocycles. The maximum Gasteiger partial charge on any atom is 0.265 e. The van der Waals surface area contributed by atoms with E-state index in [-0.39, 0.29) is 11.8 Å². The molecule has 0 radical (unpaired) electrons. The highest BCUT2D eigenvalue weighted by molar-refractivity contribution is 6.30. The lowest BCUT2D eigenvalue weighted by molar-refractivity contribution is -0.125. The zero-order valence-electron chi connectivity index (χ0n) is 19.2. The van der Waals surface area contributed by atoms with Crippen molar-refractivity contribution < 1.29 is 9.59 Å². The van der Waals surface area contributed by atoms with Crippen molar-refractivity contribution in [3.63, 3.8) is 0 Å². The Labute approximate surface area is 214 Å².